The van der Waals surface area contributed by atoms with Gasteiger partial charge in [-0.15, -0.1) is 0 Å². The number of para-hydroxylation sites is 1. The number of carbonyl (C=O) groups is 1. The van der Waals surface area contributed by atoms with Gasteiger partial charge in [0.1, 0.15) is 23.4 Å². The van der Waals surface area contributed by atoms with Crippen LogP contribution >= 0.6 is 0 Å². The third-order valence-electron chi connectivity index (χ3n) is 5.37. The van der Waals surface area contributed by atoms with Crippen molar-refractivity contribution in [2.45, 2.75) is 6.18 Å². The molecule has 0 aliphatic carbocycles. The van der Waals surface area contributed by atoms with Gasteiger partial charge < -0.3 is 5.32 Å². The molecular formula is C25H13F4N7O. The number of halogens is 4. The zero-order valence-electron chi connectivity index (χ0n) is 18.5. The highest BCUT2D eigenvalue weighted by atomic mass is 19.4. The van der Waals surface area contributed by atoms with Gasteiger partial charge in [0, 0.05) is 30.2 Å². The Morgan fingerprint density at radius 3 is 2.41 bits per heavy atom. The molecule has 37 heavy (non-hydrogen) atoms. The topological polar surface area (TPSA) is 109 Å². The molecule has 0 aliphatic heterocycles. The van der Waals surface area contributed by atoms with Gasteiger partial charge in [0.25, 0.3) is 5.91 Å². The Morgan fingerprint density at radius 2 is 1.73 bits per heavy atom. The number of carbonyl (C=O) groups excluding carboxylic acids is 1. The first kappa shape index (κ1) is 23.6. The zero-order chi connectivity index (χ0) is 26.2. The summed E-state index contributed by atoms with van der Waals surface area (Å²) in [7, 11) is 0. The highest BCUT2D eigenvalue weighted by Crippen LogP contribution is 2.37. The van der Waals surface area contributed by atoms with Crippen molar-refractivity contribution in [1.82, 2.24) is 24.7 Å². The second kappa shape index (κ2) is 9.12. The molecule has 8 nitrogen and oxygen atoms in total. The Kier molecular flexibility index (Phi) is 5.81. The van der Waals surface area contributed by atoms with E-state index in [-0.39, 0.29) is 23.4 Å². The minimum Gasteiger partial charge on any atom is -0.306 e. The predicted octanol–water partition coefficient (Wildman–Crippen LogP) is 5.16. The molecule has 0 bridgehead atoms. The second-order valence-corrected chi connectivity index (χ2v) is 7.70. The quantitative estimate of drug-likeness (QED) is 0.340. The number of alkyl halides is 3. The molecule has 12 heteroatoms. The molecule has 0 spiro atoms. The average Bonchev–Trinajstić information content (AvgIpc) is 3.26. The zero-order valence-corrected chi connectivity index (χ0v) is 18.5. The van der Waals surface area contributed by atoms with Crippen LogP contribution in [-0.2, 0) is 6.18 Å². The van der Waals surface area contributed by atoms with Crippen LogP contribution in [-0.4, -0.2) is 30.6 Å². The number of hydrogen-bond donors (Lipinski definition) is 1. The predicted molar refractivity (Wildman–Crippen MR) is 124 cm³/mol. The van der Waals surface area contributed by atoms with Gasteiger partial charge in [-0.25, -0.2) is 24.0 Å². The molecule has 0 saturated heterocycles. The SMILES string of the molecule is N#Cc1cc2nn(-c3ccccc3)c(NC(=O)c3cc(-c4ncccn4)c(C(F)(F)F)cc3F)c2cn1. The second-order valence-electron chi connectivity index (χ2n) is 7.70. The lowest BCUT2D eigenvalue weighted by Gasteiger charge is -2.15. The summed E-state index contributed by atoms with van der Waals surface area (Å²) in [6, 6.07) is 14.4. The molecule has 1 amide bonds. The van der Waals surface area contributed by atoms with Crippen LogP contribution in [0.5, 0.6) is 0 Å². The average molecular weight is 503 g/mol. The van der Waals surface area contributed by atoms with Crippen molar-refractivity contribution in [3.8, 4) is 23.1 Å². The number of hydrogen-bond acceptors (Lipinski definition) is 6. The molecule has 0 unspecified atom stereocenters. The monoisotopic (exact) mass is 503 g/mol. The number of nitrogens with zero attached hydrogens (tertiary/aromatic N) is 6. The number of fused-ring (bicyclic) bond motifs is 1. The molecule has 0 fully saturated rings. The Bertz CT molecular complexity index is 1680. The first-order chi connectivity index (χ1) is 17.8. The van der Waals surface area contributed by atoms with Crippen molar-refractivity contribution in [2.75, 3.05) is 5.32 Å². The molecule has 1 N–H and O–H groups in total. The molecule has 3 aromatic heterocycles. The maximum absolute atomic E-state index is 14.9. The van der Waals surface area contributed by atoms with Crippen LogP contribution in [0.2, 0.25) is 0 Å². The van der Waals surface area contributed by atoms with Crippen molar-refractivity contribution in [2.24, 2.45) is 0 Å². The molecule has 0 atom stereocenters. The van der Waals surface area contributed by atoms with Crippen LogP contribution in [0, 0.1) is 17.1 Å². The molecule has 182 valence electrons. The molecule has 5 aromatic rings. The highest BCUT2D eigenvalue weighted by molar-refractivity contribution is 6.09. The number of aromatic nitrogens is 5. The van der Waals surface area contributed by atoms with E-state index in [1.165, 1.54) is 35.4 Å². The van der Waals surface area contributed by atoms with Crippen molar-refractivity contribution in [3.05, 3.63) is 95.8 Å². The van der Waals surface area contributed by atoms with Gasteiger partial charge in [-0.3, -0.25) is 4.79 Å². The number of benzene rings is 2. The number of rotatable bonds is 4. The van der Waals surface area contributed by atoms with Gasteiger partial charge in [0.15, 0.2) is 5.82 Å². The van der Waals surface area contributed by atoms with E-state index in [2.05, 4.69) is 25.4 Å². The summed E-state index contributed by atoms with van der Waals surface area (Å²) in [5.41, 5.74) is -1.60. The normalized spacial score (nSPS) is 11.3. The lowest BCUT2D eigenvalue weighted by Crippen LogP contribution is -2.18. The summed E-state index contributed by atoms with van der Waals surface area (Å²) >= 11 is 0. The summed E-state index contributed by atoms with van der Waals surface area (Å²) in [5, 5.41) is 16.5. The number of nitriles is 1. The number of amides is 1. The van der Waals surface area contributed by atoms with Crippen molar-refractivity contribution in [1.29, 1.82) is 5.26 Å². The van der Waals surface area contributed by atoms with Crippen molar-refractivity contribution < 1.29 is 22.4 Å². The number of nitrogens with one attached hydrogen (secondary N) is 1. The van der Waals surface area contributed by atoms with Crippen LogP contribution in [0.3, 0.4) is 0 Å². The van der Waals surface area contributed by atoms with Crippen LogP contribution in [0.4, 0.5) is 23.4 Å². The van der Waals surface area contributed by atoms with E-state index in [1.54, 1.807) is 30.3 Å². The van der Waals surface area contributed by atoms with E-state index in [4.69, 9.17) is 5.26 Å². The summed E-state index contributed by atoms with van der Waals surface area (Å²) in [6.45, 7) is 0. The Labute approximate surface area is 205 Å². The van der Waals surface area contributed by atoms with Gasteiger partial charge in [0.05, 0.1) is 27.7 Å². The van der Waals surface area contributed by atoms with E-state index in [9.17, 15) is 22.4 Å². The van der Waals surface area contributed by atoms with E-state index >= 15 is 0 Å². The minimum atomic E-state index is -4.92. The number of pyridine rings is 1. The standard InChI is InChI=1S/C25H13F4N7O/c26-20-11-19(25(27,28)29)16(22-31-7-4-8-32-22)10-17(20)24(37)34-23-18-13-33-14(12-30)9-21(18)35-36(23)15-5-2-1-3-6-15/h1-11,13H,(H,34,37). The lowest BCUT2D eigenvalue weighted by molar-refractivity contribution is -0.137. The van der Waals surface area contributed by atoms with Crippen LogP contribution < -0.4 is 5.32 Å². The Hall–Kier alpha value is -5.18. The molecular weight excluding hydrogens is 490 g/mol. The smallest absolute Gasteiger partial charge is 0.306 e. The maximum atomic E-state index is 14.9. The van der Waals surface area contributed by atoms with E-state index < -0.39 is 34.6 Å². The largest absolute Gasteiger partial charge is 0.417 e. The molecule has 5 rings (SSSR count). The van der Waals surface area contributed by atoms with Gasteiger partial charge in [0.2, 0.25) is 0 Å². The summed E-state index contributed by atoms with van der Waals surface area (Å²) in [5.74, 6) is -2.66. The summed E-state index contributed by atoms with van der Waals surface area (Å²) in [4.78, 5) is 24.9. The summed E-state index contributed by atoms with van der Waals surface area (Å²) in [6.07, 6.45) is -1.13. The van der Waals surface area contributed by atoms with Gasteiger partial charge in [-0.1, -0.05) is 18.2 Å². The lowest BCUT2D eigenvalue weighted by atomic mass is 10.0. The molecule has 2 aromatic carbocycles. The third-order valence-corrected chi connectivity index (χ3v) is 5.37. The summed E-state index contributed by atoms with van der Waals surface area (Å²) < 4.78 is 57.3. The van der Waals surface area contributed by atoms with E-state index in [0.717, 1.165) is 6.07 Å². The van der Waals surface area contributed by atoms with Gasteiger partial charge >= 0.3 is 6.18 Å². The van der Waals surface area contributed by atoms with E-state index in [1.807, 2.05) is 6.07 Å². The molecule has 0 saturated carbocycles. The maximum Gasteiger partial charge on any atom is 0.417 e. The van der Waals surface area contributed by atoms with Crippen molar-refractivity contribution >= 4 is 22.6 Å². The van der Waals surface area contributed by atoms with E-state index in [0.29, 0.717) is 16.6 Å². The van der Waals surface area contributed by atoms with Crippen molar-refractivity contribution in [3.63, 3.8) is 0 Å². The Morgan fingerprint density at radius 1 is 1.00 bits per heavy atom. The van der Waals surface area contributed by atoms with Crippen LogP contribution in [0.1, 0.15) is 21.6 Å². The fraction of sp³-hybridized carbons (Fsp3) is 0.0400. The fourth-order valence-electron chi connectivity index (χ4n) is 3.70. The fourth-order valence-corrected chi connectivity index (χ4v) is 3.70. The third kappa shape index (κ3) is 4.45. The first-order valence-corrected chi connectivity index (χ1v) is 10.6. The Balaban J connectivity index is 1.64. The van der Waals surface area contributed by atoms with Crippen LogP contribution in [0.15, 0.2) is 73.2 Å². The first-order valence-electron chi connectivity index (χ1n) is 10.6. The van der Waals surface area contributed by atoms with Gasteiger partial charge in [-0.05, 0) is 30.3 Å². The molecule has 0 aliphatic rings. The molecule has 3 heterocycles. The molecule has 0 radical (unpaired) electrons. The number of anilines is 1. The van der Waals surface area contributed by atoms with Gasteiger partial charge in [-0.2, -0.15) is 23.5 Å². The minimum absolute atomic E-state index is 0.0833. The van der Waals surface area contributed by atoms with Crippen LogP contribution in [0.25, 0.3) is 28.0 Å². The highest BCUT2D eigenvalue weighted by Gasteiger charge is 2.36.